The molecule has 0 saturated heterocycles. The van der Waals surface area contributed by atoms with Crippen LogP contribution in [0.3, 0.4) is 0 Å². The van der Waals surface area contributed by atoms with Crippen molar-refractivity contribution in [2.75, 3.05) is 0 Å². The normalized spacial score (nSPS) is 11.5. The van der Waals surface area contributed by atoms with E-state index in [0.29, 0.717) is 22.4 Å². The number of carbonyl (C=O) groups is 1. The molecule has 2 aromatic heterocycles. The molecule has 0 atom stereocenters. The lowest BCUT2D eigenvalue weighted by Gasteiger charge is -2.05. The molecule has 5 heteroatoms. The van der Waals surface area contributed by atoms with Gasteiger partial charge in [-0.05, 0) is 24.3 Å². The lowest BCUT2D eigenvalue weighted by atomic mass is 10.2. The van der Waals surface area contributed by atoms with Crippen LogP contribution in [-0.2, 0) is 5.92 Å². The quantitative estimate of drug-likeness (QED) is 0.780. The second-order valence-corrected chi connectivity index (χ2v) is 4.73. The summed E-state index contributed by atoms with van der Waals surface area (Å²) >= 11 is 0.984. The van der Waals surface area contributed by atoms with Gasteiger partial charge in [0.2, 0.25) is 0 Å². The number of thiophene rings is 1. The van der Waals surface area contributed by atoms with Crippen molar-refractivity contribution in [3.8, 4) is 10.6 Å². The highest BCUT2D eigenvalue weighted by Crippen LogP contribution is 2.36. The zero-order valence-electron chi connectivity index (χ0n) is 8.98. The molecule has 0 aliphatic rings. The number of aromatic nitrogens is 1. The summed E-state index contributed by atoms with van der Waals surface area (Å²) in [5, 5.41) is 0. The number of halogens is 2. The second kappa shape index (κ2) is 4.33. The van der Waals surface area contributed by atoms with E-state index in [-0.39, 0.29) is 4.88 Å². The molecule has 0 N–H and O–H groups in total. The van der Waals surface area contributed by atoms with Gasteiger partial charge in [0.15, 0.2) is 0 Å². The molecule has 17 heavy (non-hydrogen) atoms. The number of alkyl halides is 2. The van der Waals surface area contributed by atoms with Crippen LogP contribution in [0.5, 0.6) is 0 Å². The summed E-state index contributed by atoms with van der Waals surface area (Å²) in [6.07, 6.45) is 2.19. The Labute approximate surface area is 101 Å². The van der Waals surface area contributed by atoms with Gasteiger partial charge in [0.25, 0.3) is 5.92 Å². The van der Waals surface area contributed by atoms with Crippen LogP contribution in [0.25, 0.3) is 10.6 Å². The zero-order chi connectivity index (χ0) is 12.5. The molecule has 2 nitrogen and oxygen atoms in total. The third-order valence-corrected chi connectivity index (χ3v) is 3.49. The van der Waals surface area contributed by atoms with Crippen LogP contribution in [0, 0.1) is 0 Å². The van der Waals surface area contributed by atoms with E-state index in [0.717, 1.165) is 18.3 Å². The molecule has 88 valence electrons. The van der Waals surface area contributed by atoms with Crippen LogP contribution >= 0.6 is 11.3 Å². The van der Waals surface area contributed by atoms with E-state index in [2.05, 4.69) is 4.98 Å². The molecule has 0 saturated carbocycles. The van der Waals surface area contributed by atoms with Gasteiger partial charge in [0.05, 0.1) is 15.4 Å². The number of rotatable bonds is 3. The number of hydrogen-bond acceptors (Lipinski definition) is 3. The summed E-state index contributed by atoms with van der Waals surface area (Å²) in [6.45, 7) is 0.859. The Morgan fingerprint density at radius 2 is 2.12 bits per heavy atom. The van der Waals surface area contributed by atoms with E-state index >= 15 is 0 Å². The first-order chi connectivity index (χ1) is 8.00. The molecule has 0 radical (unpaired) electrons. The molecule has 2 rings (SSSR count). The molecule has 2 heterocycles. The smallest absolute Gasteiger partial charge is 0.279 e. The molecule has 0 amide bonds. The summed E-state index contributed by atoms with van der Waals surface area (Å²) in [4.78, 5) is 15.3. The lowest BCUT2D eigenvalue weighted by molar-refractivity contribution is 0.0215. The van der Waals surface area contributed by atoms with E-state index in [9.17, 15) is 13.6 Å². The Bertz CT molecular complexity index is 545. The molecule has 0 fully saturated rings. The summed E-state index contributed by atoms with van der Waals surface area (Å²) in [5.41, 5.74) is 1.02. The monoisotopic (exact) mass is 253 g/mol. The van der Waals surface area contributed by atoms with E-state index in [1.165, 1.54) is 12.3 Å². The number of carbonyl (C=O) groups excluding carboxylic acids is 1. The fourth-order valence-corrected chi connectivity index (χ4v) is 2.27. The first-order valence-electron chi connectivity index (χ1n) is 4.90. The van der Waals surface area contributed by atoms with Gasteiger partial charge in [-0.3, -0.25) is 9.78 Å². The Hall–Kier alpha value is -1.62. The second-order valence-electron chi connectivity index (χ2n) is 3.64. The minimum absolute atomic E-state index is 0.00851. The summed E-state index contributed by atoms with van der Waals surface area (Å²) in [5.74, 6) is -2.84. The predicted octanol–water partition coefficient (Wildman–Crippen LogP) is 3.73. The van der Waals surface area contributed by atoms with Gasteiger partial charge in [-0.2, -0.15) is 0 Å². The highest BCUT2D eigenvalue weighted by atomic mass is 32.1. The van der Waals surface area contributed by atoms with Gasteiger partial charge in [-0.25, -0.2) is 8.78 Å². The van der Waals surface area contributed by atoms with Gasteiger partial charge in [0.1, 0.15) is 6.29 Å². The molecular formula is C12H9F2NOS. The highest BCUT2D eigenvalue weighted by Gasteiger charge is 2.26. The molecule has 0 aliphatic heterocycles. The third kappa shape index (κ3) is 2.55. The van der Waals surface area contributed by atoms with Crippen molar-refractivity contribution in [2.24, 2.45) is 0 Å². The summed E-state index contributed by atoms with van der Waals surface area (Å²) in [6, 6.07) is 6.12. The zero-order valence-corrected chi connectivity index (χ0v) is 9.80. The number of hydrogen-bond donors (Lipinski definition) is 0. The average molecular weight is 253 g/mol. The fraction of sp³-hybridized carbons (Fsp3) is 0.167. The van der Waals surface area contributed by atoms with Crippen LogP contribution in [-0.4, -0.2) is 11.3 Å². The summed E-state index contributed by atoms with van der Waals surface area (Å²) in [7, 11) is 0. The van der Waals surface area contributed by atoms with Crippen LogP contribution in [0.15, 0.2) is 30.5 Å². The average Bonchev–Trinajstić information content (AvgIpc) is 2.78. The van der Waals surface area contributed by atoms with E-state index in [1.54, 1.807) is 18.2 Å². The number of aldehydes is 1. The van der Waals surface area contributed by atoms with Gasteiger partial charge >= 0.3 is 0 Å². The van der Waals surface area contributed by atoms with Crippen molar-refractivity contribution < 1.29 is 13.6 Å². The van der Waals surface area contributed by atoms with Crippen molar-refractivity contribution in [1.29, 1.82) is 0 Å². The minimum Gasteiger partial charge on any atom is -0.298 e. The molecule has 0 aliphatic carbocycles. The molecular weight excluding hydrogens is 244 g/mol. The molecule has 0 aromatic carbocycles. The lowest BCUT2D eigenvalue weighted by Crippen LogP contribution is -2.02. The standard InChI is InChI=1S/C12H9F2NOS/c1-12(13,14)11-3-2-10(17-11)9-6-8(7-16)4-5-15-9/h2-7H,1H3. The van der Waals surface area contributed by atoms with E-state index in [4.69, 9.17) is 0 Å². The Kier molecular flexibility index (Phi) is 3.02. The van der Waals surface area contributed by atoms with Gasteiger partial charge in [-0.15, -0.1) is 11.3 Å². The van der Waals surface area contributed by atoms with Gasteiger partial charge < -0.3 is 0 Å². The van der Waals surface area contributed by atoms with Gasteiger partial charge in [-0.1, -0.05) is 0 Å². The number of pyridine rings is 1. The topological polar surface area (TPSA) is 30.0 Å². The highest BCUT2D eigenvalue weighted by molar-refractivity contribution is 7.15. The largest absolute Gasteiger partial charge is 0.298 e. The molecule has 0 bridgehead atoms. The minimum atomic E-state index is -2.84. The fourth-order valence-electron chi connectivity index (χ4n) is 1.37. The van der Waals surface area contributed by atoms with Gasteiger partial charge in [0, 0.05) is 18.7 Å². The molecule has 2 aromatic rings. The van der Waals surface area contributed by atoms with Crippen LogP contribution in [0.2, 0.25) is 0 Å². The predicted molar refractivity (Wildman–Crippen MR) is 62.5 cm³/mol. The van der Waals surface area contributed by atoms with Crippen molar-refractivity contribution >= 4 is 17.6 Å². The maximum Gasteiger partial charge on any atom is 0.279 e. The Balaban J connectivity index is 2.40. The van der Waals surface area contributed by atoms with Crippen molar-refractivity contribution in [3.05, 3.63) is 40.9 Å². The maximum absolute atomic E-state index is 13.1. The van der Waals surface area contributed by atoms with Crippen LogP contribution in [0.1, 0.15) is 22.2 Å². The van der Waals surface area contributed by atoms with Crippen LogP contribution < -0.4 is 0 Å². The Morgan fingerprint density at radius 3 is 2.71 bits per heavy atom. The third-order valence-electron chi connectivity index (χ3n) is 2.21. The molecule has 0 spiro atoms. The number of nitrogens with zero attached hydrogens (tertiary/aromatic N) is 1. The van der Waals surface area contributed by atoms with Crippen LogP contribution in [0.4, 0.5) is 8.78 Å². The SMILES string of the molecule is CC(F)(F)c1ccc(-c2cc(C=O)ccn2)s1. The Morgan fingerprint density at radius 1 is 1.35 bits per heavy atom. The van der Waals surface area contributed by atoms with E-state index < -0.39 is 5.92 Å². The summed E-state index contributed by atoms with van der Waals surface area (Å²) < 4.78 is 26.1. The first kappa shape index (κ1) is 11.9. The first-order valence-corrected chi connectivity index (χ1v) is 5.72. The van der Waals surface area contributed by atoms with Crippen molar-refractivity contribution in [3.63, 3.8) is 0 Å². The van der Waals surface area contributed by atoms with Crippen molar-refractivity contribution in [2.45, 2.75) is 12.8 Å². The maximum atomic E-state index is 13.1. The van der Waals surface area contributed by atoms with E-state index in [1.807, 2.05) is 0 Å². The van der Waals surface area contributed by atoms with Crippen molar-refractivity contribution in [1.82, 2.24) is 4.98 Å². The molecule has 0 unspecified atom stereocenters.